The van der Waals surface area contributed by atoms with Gasteiger partial charge in [-0.25, -0.2) is 0 Å². The standard InChI is InChI=1S/C12H18N2O/c1-2-10-3-4-11(12(7-13)14-10)9-5-6-15-8-9/h3-4,9H,2,5-8,13H2,1H3. The molecule has 1 aliphatic heterocycles. The van der Waals surface area contributed by atoms with E-state index >= 15 is 0 Å². The number of nitrogens with zero attached hydrogens (tertiary/aromatic N) is 1. The summed E-state index contributed by atoms with van der Waals surface area (Å²) in [5, 5.41) is 0. The Bertz CT molecular complexity index is 332. The topological polar surface area (TPSA) is 48.1 Å². The third-order valence-electron chi connectivity index (χ3n) is 2.99. The smallest absolute Gasteiger partial charge is 0.0578 e. The van der Waals surface area contributed by atoms with Gasteiger partial charge < -0.3 is 10.5 Å². The number of ether oxygens (including phenoxy) is 1. The van der Waals surface area contributed by atoms with E-state index in [1.807, 2.05) is 0 Å². The normalized spacial score (nSPS) is 20.8. The molecule has 1 aromatic rings. The lowest BCUT2D eigenvalue weighted by Gasteiger charge is -2.13. The minimum absolute atomic E-state index is 0.502. The molecule has 15 heavy (non-hydrogen) atoms. The predicted molar refractivity (Wildman–Crippen MR) is 59.7 cm³/mol. The molecular weight excluding hydrogens is 188 g/mol. The highest BCUT2D eigenvalue weighted by Crippen LogP contribution is 2.27. The highest BCUT2D eigenvalue weighted by Gasteiger charge is 2.20. The summed E-state index contributed by atoms with van der Waals surface area (Å²) in [6.45, 7) is 4.32. The van der Waals surface area contributed by atoms with Crippen molar-refractivity contribution in [2.45, 2.75) is 32.2 Å². The van der Waals surface area contributed by atoms with E-state index in [9.17, 15) is 0 Å². The lowest BCUT2D eigenvalue weighted by molar-refractivity contribution is 0.193. The maximum atomic E-state index is 5.74. The number of aryl methyl sites for hydroxylation is 1. The third kappa shape index (κ3) is 2.19. The minimum Gasteiger partial charge on any atom is -0.381 e. The van der Waals surface area contributed by atoms with Gasteiger partial charge in [0.1, 0.15) is 0 Å². The molecule has 2 heterocycles. The lowest BCUT2D eigenvalue weighted by Crippen LogP contribution is -2.10. The van der Waals surface area contributed by atoms with Crippen LogP contribution in [0.5, 0.6) is 0 Å². The maximum absolute atomic E-state index is 5.74. The number of hydrogen-bond donors (Lipinski definition) is 1. The molecule has 82 valence electrons. The zero-order chi connectivity index (χ0) is 10.7. The summed E-state index contributed by atoms with van der Waals surface area (Å²) in [6, 6.07) is 4.28. The number of nitrogens with two attached hydrogens (primary N) is 1. The van der Waals surface area contributed by atoms with E-state index in [1.165, 1.54) is 5.56 Å². The first-order valence-corrected chi connectivity index (χ1v) is 5.61. The maximum Gasteiger partial charge on any atom is 0.0578 e. The van der Waals surface area contributed by atoms with Gasteiger partial charge in [-0.15, -0.1) is 0 Å². The Hall–Kier alpha value is -0.930. The van der Waals surface area contributed by atoms with Crippen molar-refractivity contribution in [1.29, 1.82) is 0 Å². The molecule has 3 nitrogen and oxygen atoms in total. The second kappa shape index (κ2) is 4.73. The van der Waals surface area contributed by atoms with Crippen LogP contribution < -0.4 is 5.73 Å². The van der Waals surface area contributed by atoms with Crippen LogP contribution in [0.2, 0.25) is 0 Å². The number of aromatic nitrogens is 1. The molecule has 0 bridgehead atoms. The molecule has 0 saturated carbocycles. The summed E-state index contributed by atoms with van der Waals surface area (Å²) >= 11 is 0. The molecule has 2 N–H and O–H groups in total. The first kappa shape index (κ1) is 10.6. The molecule has 1 unspecified atom stereocenters. The largest absolute Gasteiger partial charge is 0.381 e. The molecule has 0 aliphatic carbocycles. The summed E-state index contributed by atoms with van der Waals surface area (Å²) < 4.78 is 5.40. The van der Waals surface area contributed by atoms with Crippen molar-refractivity contribution in [2.75, 3.05) is 13.2 Å². The van der Waals surface area contributed by atoms with Gasteiger partial charge in [-0.05, 0) is 24.5 Å². The van der Waals surface area contributed by atoms with Gasteiger partial charge in [0.25, 0.3) is 0 Å². The summed E-state index contributed by atoms with van der Waals surface area (Å²) in [5.41, 5.74) is 9.19. The SMILES string of the molecule is CCc1ccc(C2CCOC2)c(CN)n1. The average molecular weight is 206 g/mol. The molecule has 1 aliphatic rings. The molecule has 0 spiro atoms. The van der Waals surface area contributed by atoms with E-state index in [-0.39, 0.29) is 0 Å². The van der Waals surface area contributed by atoms with Gasteiger partial charge in [-0.1, -0.05) is 13.0 Å². The summed E-state index contributed by atoms with van der Waals surface area (Å²) in [6.07, 6.45) is 2.06. The van der Waals surface area contributed by atoms with Crippen LogP contribution in [0.1, 0.15) is 36.2 Å². The van der Waals surface area contributed by atoms with Crippen LogP contribution in [0, 0.1) is 0 Å². The highest BCUT2D eigenvalue weighted by molar-refractivity contribution is 5.27. The Morgan fingerprint density at radius 1 is 1.53 bits per heavy atom. The van der Waals surface area contributed by atoms with Gasteiger partial charge in [0, 0.05) is 24.8 Å². The fourth-order valence-corrected chi connectivity index (χ4v) is 2.07. The molecule has 1 atom stereocenters. The summed E-state index contributed by atoms with van der Waals surface area (Å²) in [4.78, 5) is 4.57. The monoisotopic (exact) mass is 206 g/mol. The van der Waals surface area contributed by atoms with Crippen molar-refractivity contribution < 1.29 is 4.74 Å². The molecule has 0 amide bonds. The molecule has 1 saturated heterocycles. The van der Waals surface area contributed by atoms with E-state index in [2.05, 4.69) is 24.0 Å². The van der Waals surface area contributed by atoms with Crippen molar-refractivity contribution in [2.24, 2.45) is 5.73 Å². The zero-order valence-corrected chi connectivity index (χ0v) is 9.20. The minimum atomic E-state index is 0.502. The summed E-state index contributed by atoms with van der Waals surface area (Å²) in [7, 11) is 0. The number of rotatable bonds is 3. The quantitative estimate of drug-likeness (QED) is 0.817. The molecule has 1 fully saturated rings. The van der Waals surface area contributed by atoms with Crippen LogP contribution in [0.15, 0.2) is 12.1 Å². The van der Waals surface area contributed by atoms with E-state index in [0.29, 0.717) is 12.5 Å². The van der Waals surface area contributed by atoms with Crippen LogP contribution >= 0.6 is 0 Å². The molecule has 0 radical (unpaired) electrons. The Balaban J connectivity index is 2.29. The molecule has 3 heteroatoms. The van der Waals surface area contributed by atoms with E-state index in [4.69, 9.17) is 10.5 Å². The second-order valence-corrected chi connectivity index (χ2v) is 3.96. The Labute approximate surface area is 90.7 Å². The van der Waals surface area contributed by atoms with Gasteiger partial charge >= 0.3 is 0 Å². The number of hydrogen-bond acceptors (Lipinski definition) is 3. The van der Waals surface area contributed by atoms with Crippen LogP contribution in [0.25, 0.3) is 0 Å². The first-order valence-electron chi connectivity index (χ1n) is 5.61. The fourth-order valence-electron chi connectivity index (χ4n) is 2.07. The van der Waals surface area contributed by atoms with Gasteiger partial charge in [-0.3, -0.25) is 4.98 Å². The lowest BCUT2D eigenvalue weighted by atomic mass is 9.96. The van der Waals surface area contributed by atoms with Crippen molar-refractivity contribution in [1.82, 2.24) is 4.98 Å². The zero-order valence-electron chi connectivity index (χ0n) is 9.20. The van der Waals surface area contributed by atoms with Crippen molar-refractivity contribution >= 4 is 0 Å². The van der Waals surface area contributed by atoms with E-state index in [1.54, 1.807) is 0 Å². The van der Waals surface area contributed by atoms with E-state index in [0.717, 1.165) is 37.4 Å². The van der Waals surface area contributed by atoms with Gasteiger partial charge in [-0.2, -0.15) is 0 Å². The van der Waals surface area contributed by atoms with E-state index < -0.39 is 0 Å². The number of pyridine rings is 1. The molecule has 1 aromatic heterocycles. The average Bonchev–Trinajstić information content (AvgIpc) is 2.81. The fraction of sp³-hybridized carbons (Fsp3) is 0.583. The third-order valence-corrected chi connectivity index (χ3v) is 2.99. The predicted octanol–water partition coefficient (Wildman–Crippen LogP) is 1.61. The van der Waals surface area contributed by atoms with Crippen molar-refractivity contribution in [3.05, 3.63) is 29.1 Å². The van der Waals surface area contributed by atoms with Crippen LogP contribution in [-0.4, -0.2) is 18.2 Å². The second-order valence-electron chi connectivity index (χ2n) is 3.96. The summed E-state index contributed by atoms with van der Waals surface area (Å²) in [5.74, 6) is 0.502. The first-order chi connectivity index (χ1) is 7.35. The Morgan fingerprint density at radius 2 is 2.40 bits per heavy atom. The molecule has 2 rings (SSSR count). The molecule has 0 aromatic carbocycles. The van der Waals surface area contributed by atoms with Crippen molar-refractivity contribution in [3.8, 4) is 0 Å². The Kier molecular flexibility index (Phi) is 3.34. The van der Waals surface area contributed by atoms with Crippen LogP contribution in [0.3, 0.4) is 0 Å². The van der Waals surface area contributed by atoms with Gasteiger partial charge in [0.2, 0.25) is 0 Å². The van der Waals surface area contributed by atoms with Gasteiger partial charge in [0.05, 0.1) is 12.3 Å². The van der Waals surface area contributed by atoms with Crippen LogP contribution in [-0.2, 0) is 17.7 Å². The molecular formula is C12H18N2O. The van der Waals surface area contributed by atoms with Crippen LogP contribution in [0.4, 0.5) is 0 Å². The highest BCUT2D eigenvalue weighted by atomic mass is 16.5. The Morgan fingerprint density at radius 3 is 3.00 bits per heavy atom. The van der Waals surface area contributed by atoms with Crippen molar-refractivity contribution in [3.63, 3.8) is 0 Å². The van der Waals surface area contributed by atoms with Gasteiger partial charge in [0.15, 0.2) is 0 Å².